The van der Waals surface area contributed by atoms with Crippen molar-refractivity contribution in [1.82, 2.24) is 14.1 Å². The van der Waals surface area contributed by atoms with Gasteiger partial charge in [0.05, 0.1) is 10.7 Å². The number of hydrogen-bond acceptors (Lipinski definition) is 7. The summed E-state index contributed by atoms with van der Waals surface area (Å²) in [6.45, 7) is 1.22. The molecular formula is C24H23ClFN3O6. The summed E-state index contributed by atoms with van der Waals surface area (Å²) < 4.78 is 33.3. The van der Waals surface area contributed by atoms with Crippen LogP contribution >= 0.6 is 11.6 Å². The summed E-state index contributed by atoms with van der Waals surface area (Å²) in [7, 11) is 1.47. The van der Waals surface area contributed by atoms with Crippen molar-refractivity contribution in [2.45, 2.75) is 38.7 Å². The molecule has 2 heterocycles. The van der Waals surface area contributed by atoms with E-state index in [4.69, 9.17) is 25.8 Å². The Labute approximate surface area is 204 Å². The van der Waals surface area contributed by atoms with Gasteiger partial charge in [-0.15, -0.1) is 0 Å². The standard InChI is InChI=1S/C24H23ClFN3O6/c1-14-10-21(30)29(24(32)28(14)2)18-12-20(16(25)11-17(18)26)35-19-8-5-9-27-23(19)33-13-22(31)34-15-6-3-4-7-15/h5,8-12,15H,3-4,6-7,13H2,1-2H3. The highest BCUT2D eigenvalue weighted by Gasteiger charge is 2.21. The molecule has 1 fully saturated rings. The number of carbonyl (C=O) groups is 1. The number of pyridine rings is 1. The van der Waals surface area contributed by atoms with Gasteiger partial charge >= 0.3 is 11.7 Å². The Hall–Kier alpha value is -3.66. The number of ether oxygens (including phenoxy) is 3. The van der Waals surface area contributed by atoms with Crippen LogP contribution in [0, 0.1) is 12.7 Å². The molecule has 0 amide bonds. The van der Waals surface area contributed by atoms with Crippen molar-refractivity contribution >= 4 is 17.6 Å². The molecule has 184 valence electrons. The number of aromatic nitrogens is 3. The van der Waals surface area contributed by atoms with Crippen LogP contribution in [0.15, 0.2) is 46.1 Å². The van der Waals surface area contributed by atoms with E-state index in [2.05, 4.69) is 4.98 Å². The van der Waals surface area contributed by atoms with E-state index < -0.39 is 23.0 Å². The number of carbonyl (C=O) groups excluding carboxylic acids is 1. The zero-order valence-corrected chi connectivity index (χ0v) is 19.9. The van der Waals surface area contributed by atoms with Crippen LogP contribution in [0.3, 0.4) is 0 Å². The fourth-order valence-electron chi connectivity index (χ4n) is 3.76. The van der Waals surface area contributed by atoms with Crippen LogP contribution in [0.1, 0.15) is 31.4 Å². The average Bonchev–Trinajstić information content (AvgIpc) is 3.32. The molecule has 0 spiro atoms. The minimum Gasteiger partial charge on any atom is -0.463 e. The zero-order chi connectivity index (χ0) is 25.1. The average molecular weight is 504 g/mol. The van der Waals surface area contributed by atoms with Crippen molar-refractivity contribution in [1.29, 1.82) is 0 Å². The molecule has 0 bridgehead atoms. The molecule has 2 aromatic heterocycles. The summed E-state index contributed by atoms with van der Waals surface area (Å²) in [6.07, 6.45) is 5.07. The Kier molecular flexibility index (Phi) is 7.20. The first-order chi connectivity index (χ1) is 16.7. The first-order valence-corrected chi connectivity index (χ1v) is 11.4. The van der Waals surface area contributed by atoms with Gasteiger partial charge in [0, 0.05) is 31.1 Å². The van der Waals surface area contributed by atoms with Crippen LogP contribution in [0.2, 0.25) is 5.02 Å². The molecule has 35 heavy (non-hydrogen) atoms. The van der Waals surface area contributed by atoms with Crippen molar-refractivity contribution in [3.63, 3.8) is 0 Å². The second-order valence-corrected chi connectivity index (χ2v) is 8.54. The van der Waals surface area contributed by atoms with Crippen LogP contribution in [0.4, 0.5) is 4.39 Å². The molecule has 0 N–H and O–H groups in total. The van der Waals surface area contributed by atoms with E-state index >= 15 is 0 Å². The van der Waals surface area contributed by atoms with Crippen molar-refractivity contribution in [2.24, 2.45) is 7.05 Å². The third-order valence-electron chi connectivity index (χ3n) is 5.69. The zero-order valence-electron chi connectivity index (χ0n) is 19.1. The summed E-state index contributed by atoms with van der Waals surface area (Å²) >= 11 is 6.18. The topological polar surface area (TPSA) is 102 Å². The van der Waals surface area contributed by atoms with Crippen molar-refractivity contribution in [3.8, 4) is 23.1 Å². The molecule has 1 aliphatic rings. The first kappa shape index (κ1) is 24.5. The van der Waals surface area contributed by atoms with E-state index in [1.807, 2.05) is 0 Å². The number of halogens is 2. The van der Waals surface area contributed by atoms with E-state index in [0.29, 0.717) is 10.3 Å². The van der Waals surface area contributed by atoms with Crippen molar-refractivity contribution in [2.75, 3.05) is 6.61 Å². The third kappa shape index (κ3) is 5.37. The van der Waals surface area contributed by atoms with Gasteiger partial charge in [0.15, 0.2) is 12.4 Å². The predicted octanol–water partition coefficient (Wildman–Crippen LogP) is 3.69. The number of rotatable bonds is 7. The number of hydrogen-bond donors (Lipinski definition) is 0. The predicted molar refractivity (Wildman–Crippen MR) is 125 cm³/mol. The van der Waals surface area contributed by atoms with Gasteiger partial charge in [0.25, 0.3) is 11.4 Å². The highest BCUT2D eigenvalue weighted by Crippen LogP contribution is 2.36. The smallest absolute Gasteiger partial charge is 0.344 e. The maximum atomic E-state index is 14.8. The van der Waals surface area contributed by atoms with E-state index in [0.717, 1.165) is 37.8 Å². The quantitative estimate of drug-likeness (QED) is 0.453. The fourth-order valence-corrected chi connectivity index (χ4v) is 3.95. The molecule has 0 atom stereocenters. The number of nitrogens with zero attached hydrogens (tertiary/aromatic N) is 3. The summed E-state index contributed by atoms with van der Waals surface area (Å²) in [5.74, 6) is -1.39. The molecule has 0 aliphatic heterocycles. The highest BCUT2D eigenvalue weighted by molar-refractivity contribution is 6.32. The molecule has 1 saturated carbocycles. The molecule has 0 unspecified atom stereocenters. The molecule has 4 rings (SSSR count). The molecule has 11 heteroatoms. The highest BCUT2D eigenvalue weighted by atomic mass is 35.5. The van der Waals surface area contributed by atoms with Crippen LogP contribution < -0.4 is 20.7 Å². The van der Waals surface area contributed by atoms with E-state index in [1.165, 1.54) is 29.9 Å². The van der Waals surface area contributed by atoms with Crippen molar-refractivity contribution in [3.05, 3.63) is 73.9 Å². The molecule has 1 aliphatic carbocycles. The lowest BCUT2D eigenvalue weighted by molar-refractivity contribution is -0.151. The van der Waals surface area contributed by atoms with Gasteiger partial charge in [-0.05, 0) is 50.8 Å². The van der Waals surface area contributed by atoms with Crippen LogP contribution in [0.25, 0.3) is 5.69 Å². The molecule has 9 nitrogen and oxygen atoms in total. The number of aryl methyl sites for hydroxylation is 1. The van der Waals surface area contributed by atoms with Gasteiger partial charge in [0.2, 0.25) is 0 Å². The SMILES string of the molecule is Cc1cc(=O)n(-c2cc(Oc3cccnc3OCC(=O)OC3CCCC3)c(Cl)cc2F)c(=O)n1C. The Morgan fingerprint density at radius 2 is 1.94 bits per heavy atom. The van der Waals surface area contributed by atoms with Crippen LogP contribution in [-0.2, 0) is 16.6 Å². The van der Waals surface area contributed by atoms with Gasteiger partial charge in [0.1, 0.15) is 17.7 Å². The van der Waals surface area contributed by atoms with Crippen LogP contribution in [-0.4, -0.2) is 32.8 Å². The lowest BCUT2D eigenvalue weighted by Gasteiger charge is -2.15. The lowest BCUT2D eigenvalue weighted by Crippen LogP contribution is -2.38. The van der Waals surface area contributed by atoms with Gasteiger partial charge in [-0.2, -0.15) is 0 Å². The second-order valence-electron chi connectivity index (χ2n) is 8.13. The van der Waals surface area contributed by atoms with E-state index in [9.17, 15) is 18.8 Å². The van der Waals surface area contributed by atoms with Gasteiger partial charge in [-0.3, -0.25) is 4.79 Å². The summed E-state index contributed by atoms with van der Waals surface area (Å²) in [4.78, 5) is 41.3. The van der Waals surface area contributed by atoms with Gasteiger partial charge in [-0.1, -0.05) is 11.6 Å². The van der Waals surface area contributed by atoms with Crippen molar-refractivity contribution < 1.29 is 23.4 Å². The lowest BCUT2D eigenvalue weighted by atomic mass is 10.2. The van der Waals surface area contributed by atoms with E-state index in [-0.39, 0.29) is 40.8 Å². The van der Waals surface area contributed by atoms with Gasteiger partial charge in [-0.25, -0.2) is 23.5 Å². The molecular weight excluding hydrogens is 481 g/mol. The third-order valence-corrected chi connectivity index (χ3v) is 5.98. The second kappa shape index (κ2) is 10.3. The molecule has 0 saturated heterocycles. The maximum Gasteiger partial charge on any atom is 0.344 e. The Bertz CT molecular complexity index is 1380. The summed E-state index contributed by atoms with van der Waals surface area (Å²) in [5.41, 5.74) is -1.34. The number of esters is 1. The largest absolute Gasteiger partial charge is 0.463 e. The molecule has 1 aromatic carbocycles. The Balaban J connectivity index is 1.60. The molecule has 0 radical (unpaired) electrons. The minimum atomic E-state index is -0.886. The first-order valence-electron chi connectivity index (χ1n) is 11.0. The summed E-state index contributed by atoms with van der Waals surface area (Å²) in [6, 6.07) is 6.38. The maximum absolute atomic E-state index is 14.8. The Morgan fingerprint density at radius 1 is 1.20 bits per heavy atom. The number of benzene rings is 1. The monoisotopic (exact) mass is 503 g/mol. The molecule has 3 aromatic rings. The van der Waals surface area contributed by atoms with Crippen LogP contribution in [0.5, 0.6) is 17.4 Å². The minimum absolute atomic E-state index is 0.0127. The van der Waals surface area contributed by atoms with Gasteiger partial charge < -0.3 is 18.8 Å². The normalized spacial score (nSPS) is 13.6. The fraction of sp³-hybridized carbons (Fsp3) is 0.333. The summed E-state index contributed by atoms with van der Waals surface area (Å²) in [5, 5.41) is -0.112. The Morgan fingerprint density at radius 3 is 2.69 bits per heavy atom. The van der Waals surface area contributed by atoms with E-state index in [1.54, 1.807) is 13.0 Å².